The van der Waals surface area contributed by atoms with Crippen LogP contribution in [0.5, 0.6) is 0 Å². The van der Waals surface area contributed by atoms with Crippen LogP contribution in [0, 0.1) is 11.8 Å². The second kappa shape index (κ2) is 2.98. The molecule has 1 amide bonds. The average molecular weight is 182 g/mol. The molecule has 2 fully saturated rings. The maximum atomic E-state index is 11.8. The summed E-state index contributed by atoms with van der Waals surface area (Å²) in [5.41, 5.74) is 0.138. The molecule has 1 saturated heterocycles. The van der Waals surface area contributed by atoms with Gasteiger partial charge in [-0.2, -0.15) is 0 Å². The monoisotopic (exact) mass is 182 g/mol. The lowest BCUT2D eigenvalue weighted by Gasteiger charge is -2.17. The molecule has 0 aromatic rings. The molecule has 2 rings (SSSR count). The van der Waals surface area contributed by atoms with E-state index in [2.05, 4.69) is 24.5 Å². The summed E-state index contributed by atoms with van der Waals surface area (Å²) >= 11 is 0. The predicted molar refractivity (Wildman–Crippen MR) is 51.3 cm³/mol. The van der Waals surface area contributed by atoms with Crippen molar-refractivity contribution >= 4 is 5.91 Å². The minimum Gasteiger partial charge on any atom is -0.351 e. The molecule has 74 valence electrons. The number of carbonyl (C=O) groups is 1. The molecular formula is C10H18N2O. The Labute approximate surface area is 79.3 Å². The van der Waals surface area contributed by atoms with Crippen LogP contribution in [-0.4, -0.2) is 24.5 Å². The fourth-order valence-electron chi connectivity index (χ4n) is 1.86. The van der Waals surface area contributed by atoms with Gasteiger partial charge in [-0.05, 0) is 32.2 Å². The van der Waals surface area contributed by atoms with Crippen LogP contribution in [0.4, 0.5) is 0 Å². The Balaban J connectivity index is 1.89. The quantitative estimate of drug-likeness (QED) is 0.653. The minimum absolute atomic E-state index is 0.138. The summed E-state index contributed by atoms with van der Waals surface area (Å²) in [4.78, 5) is 11.8. The van der Waals surface area contributed by atoms with E-state index in [1.54, 1.807) is 0 Å². The van der Waals surface area contributed by atoms with Crippen LogP contribution in [-0.2, 0) is 4.79 Å². The van der Waals surface area contributed by atoms with E-state index in [0.29, 0.717) is 5.92 Å². The van der Waals surface area contributed by atoms with Crippen LogP contribution in [0.15, 0.2) is 0 Å². The van der Waals surface area contributed by atoms with Gasteiger partial charge in [0.1, 0.15) is 0 Å². The highest BCUT2D eigenvalue weighted by Gasteiger charge is 2.41. The van der Waals surface area contributed by atoms with E-state index in [9.17, 15) is 4.79 Å². The third-order valence-electron chi connectivity index (χ3n) is 3.28. The van der Waals surface area contributed by atoms with Crippen molar-refractivity contribution in [2.75, 3.05) is 13.1 Å². The number of hydrogen-bond donors (Lipinski definition) is 2. The zero-order valence-electron chi connectivity index (χ0n) is 8.39. The molecule has 1 aliphatic carbocycles. The third kappa shape index (κ3) is 1.85. The molecule has 13 heavy (non-hydrogen) atoms. The fourth-order valence-corrected chi connectivity index (χ4v) is 1.86. The zero-order valence-corrected chi connectivity index (χ0v) is 8.39. The van der Waals surface area contributed by atoms with Crippen LogP contribution < -0.4 is 10.6 Å². The van der Waals surface area contributed by atoms with E-state index in [4.69, 9.17) is 0 Å². The Morgan fingerprint density at radius 2 is 2.15 bits per heavy atom. The molecule has 2 N–H and O–H groups in total. The molecule has 1 heterocycles. The molecule has 2 atom stereocenters. The van der Waals surface area contributed by atoms with Gasteiger partial charge in [0.05, 0.1) is 5.92 Å². The summed E-state index contributed by atoms with van der Waals surface area (Å²) in [6, 6.07) is 0. The molecular weight excluding hydrogens is 164 g/mol. The van der Waals surface area contributed by atoms with Gasteiger partial charge >= 0.3 is 0 Å². The molecule has 0 aromatic carbocycles. The van der Waals surface area contributed by atoms with E-state index in [0.717, 1.165) is 25.9 Å². The second-order valence-corrected chi connectivity index (χ2v) is 4.79. The second-order valence-electron chi connectivity index (χ2n) is 4.79. The van der Waals surface area contributed by atoms with E-state index >= 15 is 0 Å². The van der Waals surface area contributed by atoms with Gasteiger partial charge in [-0.25, -0.2) is 0 Å². The van der Waals surface area contributed by atoms with Crippen molar-refractivity contribution in [3.8, 4) is 0 Å². The standard InChI is InChI=1S/C10H18N2O/c1-7-5-11-6-8(7)9(13)12-10(2)3-4-10/h7-8,11H,3-6H2,1-2H3,(H,12,13)/t7-,8-/m1/s1. The van der Waals surface area contributed by atoms with Crippen molar-refractivity contribution in [2.45, 2.75) is 32.2 Å². The number of hydrogen-bond acceptors (Lipinski definition) is 2. The summed E-state index contributed by atoms with van der Waals surface area (Å²) in [7, 11) is 0. The highest BCUT2D eigenvalue weighted by atomic mass is 16.2. The summed E-state index contributed by atoms with van der Waals surface area (Å²) < 4.78 is 0. The zero-order chi connectivity index (χ0) is 9.47. The predicted octanol–water partition coefficient (Wildman–Crippen LogP) is 0.511. The molecule has 1 aliphatic heterocycles. The third-order valence-corrected chi connectivity index (χ3v) is 3.28. The minimum atomic E-state index is 0.138. The first-order valence-electron chi connectivity index (χ1n) is 5.13. The lowest BCUT2D eigenvalue weighted by atomic mass is 9.97. The van der Waals surface area contributed by atoms with Gasteiger partial charge < -0.3 is 10.6 Å². The Morgan fingerprint density at radius 1 is 1.46 bits per heavy atom. The van der Waals surface area contributed by atoms with Gasteiger partial charge in [0.15, 0.2) is 0 Å². The van der Waals surface area contributed by atoms with Crippen molar-refractivity contribution in [1.82, 2.24) is 10.6 Å². The Morgan fingerprint density at radius 3 is 2.62 bits per heavy atom. The summed E-state index contributed by atoms with van der Waals surface area (Å²) in [6.07, 6.45) is 2.29. The van der Waals surface area contributed by atoms with Crippen LogP contribution in [0.2, 0.25) is 0 Å². The summed E-state index contributed by atoms with van der Waals surface area (Å²) in [5.74, 6) is 0.928. The van der Waals surface area contributed by atoms with Crippen LogP contribution in [0.25, 0.3) is 0 Å². The van der Waals surface area contributed by atoms with E-state index in [-0.39, 0.29) is 17.4 Å². The number of rotatable bonds is 2. The van der Waals surface area contributed by atoms with Crippen molar-refractivity contribution < 1.29 is 4.79 Å². The molecule has 0 unspecified atom stereocenters. The molecule has 0 spiro atoms. The van der Waals surface area contributed by atoms with Crippen molar-refractivity contribution in [3.05, 3.63) is 0 Å². The Kier molecular flexibility index (Phi) is 2.06. The van der Waals surface area contributed by atoms with Gasteiger partial charge in [-0.1, -0.05) is 6.92 Å². The Hall–Kier alpha value is -0.570. The highest BCUT2D eigenvalue weighted by Crippen LogP contribution is 2.35. The normalized spacial score (nSPS) is 35.8. The van der Waals surface area contributed by atoms with Crippen LogP contribution in [0.3, 0.4) is 0 Å². The van der Waals surface area contributed by atoms with Gasteiger partial charge in [0, 0.05) is 12.1 Å². The van der Waals surface area contributed by atoms with E-state index in [1.165, 1.54) is 0 Å². The smallest absolute Gasteiger partial charge is 0.225 e. The van der Waals surface area contributed by atoms with E-state index in [1.807, 2.05) is 0 Å². The van der Waals surface area contributed by atoms with Crippen LogP contribution in [0.1, 0.15) is 26.7 Å². The highest BCUT2D eigenvalue weighted by molar-refractivity contribution is 5.80. The van der Waals surface area contributed by atoms with Crippen molar-refractivity contribution in [2.24, 2.45) is 11.8 Å². The molecule has 3 heteroatoms. The topological polar surface area (TPSA) is 41.1 Å². The summed E-state index contributed by atoms with van der Waals surface area (Å²) in [6.45, 7) is 6.09. The maximum Gasteiger partial charge on any atom is 0.225 e. The first-order chi connectivity index (χ1) is 6.11. The SMILES string of the molecule is C[C@@H]1CNC[C@H]1C(=O)NC1(C)CC1. The molecule has 0 radical (unpaired) electrons. The van der Waals surface area contributed by atoms with Gasteiger partial charge in [0.25, 0.3) is 0 Å². The first-order valence-corrected chi connectivity index (χ1v) is 5.13. The molecule has 0 bridgehead atoms. The number of nitrogens with one attached hydrogen (secondary N) is 2. The van der Waals surface area contributed by atoms with Gasteiger partial charge in [-0.15, -0.1) is 0 Å². The first kappa shape index (κ1) is 9.00. The lowest BCUT2D eigenvalue weighted by molar-refractivity contribution is -0.126. The largest absolute Gasteiger partial charge is 0.351 e. The molecule has 2 aliphatic rings. The van der Waals surface area contributed by atoms with Gasteiger partial charge in [0.2, 0.25) is 5.91 Å². The van der Waals surface area contributed by atoms with E-state index < -0.39 is 0 Å². The summed E-state index contributed by atoms with van der Waals surface area (Å²) in [5, 5.41) is 6.37. The molecule has 0 aromatic heterocycles. The van der Waals surface area contributed by atoms with Crippen LogP contribution >= 0.6 is 0 Å². The fraction of sp³-hybridized carbons (Fsp3) is 0.900. The molecule has 3 nitrogen and oxygen atoms in total. The Bertz CT molecular complexity index is 223. The average Bonchev–Trinajstić information content (AvgIpc) is 2.63. The van der Waals surface area contributed by atoms with Crippen molar-refractivity contribution in [3.63, 3.8) is 0 Å². The maximum absolute atomic E-state index is 11.8. The molecule has 1 saturated carbocycles. The lowest BCUT2D eigenvalue weighted by Crippen LogP contribution is -2.40. The van der Waals surface area contributed by atoms with Crippen molar-refractivity contribution in [1.29, 1.82) is 0 Å². The van der Waals surface area contributed by atoms with Gasteiger partial charge in [-0.3, -0.25) is 4.79 Å². The number of carbonyl (C=O) groups excluding carboxylic acids is 1. The number of amides is 1.